The van der Waals surface area contributed by atoms with Crippen LogP contribution in [0.15, 0.2) is 6.20 Å². The molecule has 0 N–H and O–H groups in total. The fraction of sp³-hybridized carbons (Fsp3) is 0.810. The number of carbonyl (C=O) groups excluding carboxylic acids is 1. The van der Waals surface area contributed by atoms with Crippen LogP contribution in [-0.4, -0.2) is 49.1 Å². The van der Waals surface area contributed by atoms with Crippen LogP contribution in [-0.2, 0) is 14.2 Å². The van der Waals surface area contributed by atoms with Crippen molar-refractivity contribution in [2.75, 3.05) is 33.0 Å². The van der Waals surface area contributed by atoms with Crippen molar-refractivity contribution in [3.05, 3.63) is 17.5 Å². The molecule has 2 fully saturated rings. The Morgan fingerprint density at radius 1 is 1.19 bits per heavy atom. The summed E-state index contributed by atoms with van der Waals surface area (Å²) in [4.78, 5) is 11.6. The van der Waals surface area contributed by atoms with Crippen molar-refractivity contribution < 1.29 is 19.0 Å². The van der Waals surface area contributed by atoms with E-state index in [0.717, 1.165) is 95.5 Å². The number of hydrogen-bond acceptors (Lipinski definition) is 5. The number of aromatic nitrogens is 2. The molecule has 2 heterocycles. The molecule has 1 atom stereocenters. The van der Waals surface area contributed by atoms with Gasteiger partial charge in [0.1, 0.15) is 6.23 Å². The van der Waals surface area contributed by atoms with Crippen LogP contribution >= 0.6 is 0 Å². The highest BCUT2D eigenvalue weighted by atomic mass is 16.5. The predicted octanol–water partition coefficient (Wildman–Crippen LogP) is 4.11. The summed E-state index contributed by atoms with van der Waals surface area (Å²) in [5.74, 6) is 0.325. The molecule has 1 aliphatic carbocycles. The minimum absolute atomic E-state index is 0.0233. The molecule has 1 unspecified atom stereocenters. The smallest absolute Gasteiger partial charge is 0.153 e. The third kappa shape index (κ3) is 4.98. The molecular formula is C21H34N2O4. The summed E-state index contributed by atoms with van der Waals surface area (Å²) in [6.45, 7) is 7.82. The van der Waals surface area contributed by atoms with Crippen LogP contribution < -0.4 is 0 Å². The van der Waals surface area contributed by atoms with E-state index in [1.807, 2.05) is 24.7 Å². The summed E-state index contributed by atoms with van der Waals surface area (Å²) >= 11 is 0. The lowest BCUT2D eigenvalue weighted by molar-refractivity contribution is -0.0421. The third-order valence-corrected chi connectivity index (χ3v) is 6.03. The molecule has 152 valence electrons. The van der Waals surface area contributed by atoms with Crippen LogP contribution in [0.5, 0.6) is 0 Å². The lowest BCUT2D eigenvalue weighted by Gasteiger charge is -2.39. The molecule has 3 rings (SSSR count). The Morgan fingerprint density at radius 3 is 2.44 bits per heavy atom. The number of rotatable bonds is 9. The van der Waals surface area contributed by atoms with Crippen LogP contribution in [0.25, 0.3) is 0 Å². The van der Waals surface area contributed by atoms with E-state index >= 15 is 0 Å². The quantitative estimate of drug-likeness (QED) is 0.605. The van der Waals surface area contributed by atoms with Crippen molar-refractivity contribution in [1.29, 1.82) is 0 Å². The van der Waals surface area contributed by atoms with Gasteiger partial charge in [-0.25, -0.2) is 4.68 Å². The maximum Gasteiger partial charge on any atom is 0.153 e. The number of nitrogens with zero attached hydrogens (tertiary/aromatic N) is 2. The summed E-state index contributed by atoms with van der Waals surface area (Å²) in [7, 11) is 0. The molecule has 1 aliphatic heterocycles. The molecular weight excluding hydrogens is 344 g/mol. The average Bonchev–Trinajstić information content (AvgIpc) is 3.16. The first kappa shape index (κ1) is 20.5. The fourth-order valence-corrected chi connectivity index (χ4v) is 4.38. The van der Waals surface area contributed by atoms with E-state index in [2.05, 4.69) is 0 Å². The molecule has 1 aromatic rings. The first-order chi connectivity index (χ1) is 13.2. The first-order valence-electron chi connectivity index (χ1n) is 10.5. The van der Waals surface area contributed by atoms with Crippen molar-refractivity contribution in [2.24, 2.45) is 5.41 Å². The summed E-state index contributed by atoms with van der Waals surface area (Å²) in [5, 5.41) is 4.80. The molecule has 1 saturated heterocycles. The van der Waals surface area contributed by atoms with E-state index in [-0.39, 0.29) is 11.6 Å². The Balaban J connectivity index is 1.68. The highest BCUT2D eigenvalue weighted by molar-refractivity contribution is 5.76. The fourth-order valence-electron chi connectivity index (χ4n) is 4.38. The Morgan fingerprint density at radius 2 is 1.89 bits per heavy atom. The van der Waals surface area contributed by atoms with E-state index in [9.17, 15) is 4.79 Å². The van der Waals surface area contributed by atoms with Crippen molar-refractivity contribution in [3.8, 4) is 0 Å². The molecule has 1 saturated carbocycles. The SMILES string of the molecule is CCOCC1(COCC)CCC(c2nn(C3CCCCO3)cc2C=O)CC1. The van der Waals surface area contributed by atoms with Gasteiger partial charge in [0.25, 0.3) is 0 Å². The third-order valence-electron chi connectivity index (χ3n) is 6.03. The number of hydrogen-bond donors (Lipinski definition) is 0. The number of carbonyl (C=O) groups is 1. The Bertz CT molecular complexity index is 577. The van der Waals surface area contributed by atoms with Gasteiger partial charge in [-0.05, 0) is 58.8 Å². The van der Waals surface area contributed by atoms with Gasteiger partial charge in [0.15, 0.2) is 6.29 Å². The Hall–Kier alpha value is -1.24. The largest absolute Gasteiger partial charge is 0.381 e. The molecule has 0 amide bonds. The average molecular weight is 379 g/mol. The van der Waals surface area contributed by atoms with Gasteiger partial charge in [-0.3, -0.25) is 4.79 Å². The van der Waals surface area contributed by atoms with Crippen molar-refractivity contribution >= 4 is 6.29 Å². The normalized spacial score (nSPS) is 23.4. The highest BCUT2D eigenvalue weighted by Crippen LogP contribution is 2.44. The molecule has 27 heavy (non-hydrogen) atoms. The molecule has 1 aromatic heterocycles. The second-order valence-corrected chi connectivity index (χ2v) is 7.94. The lowest BCUT2D eigenvalue weighted by atomic mass is 9.70. The van der Waals surface area contributed by atoms with Gasteiger partial charge in [-0.15, -0.1) is 0 Å². The summed E-state index contributed by atoms with van der Waals surface area (Å²) < 4.78 is 19.3. The van der Waals surface area contributed by atoms with E-state index in [4.69, 9.17) is 19.3 Å². The van der Waals surface area contributed by atoms with Crippen molar-refractivity contribution in [3.63, 3.8) is 0 Å². The standard InChI is InChI=1S/C21H34N2O4/c1-3-25-15-21(16-26-4-2)10-8-17(9-11-21)20-18(14-24)13-23(22-20)19-7-5-6-12-27-19/h13-14,17,19H,3-12,15-16H2,1-2H3. The van der Waals surface area contributed by atoms with Gasteiger partial charge >= 0.3 is 0 Å². The van der Waals surface area contributed by atoms with Crippen LogP contribution in [0.3, 0.4) is 0 Å². The maximum absolute atomic E-state index is 11.6. The minimum Gasteiger partial charge on any atom is -0.381 e. The Labute approximate surface area is 162 Å². The molecule has 6 heteroatoms. The monoisotopic (exact) mass is 378 g/mol. The van der Waals surface area contributed by atoms with Crippen LogP contribution in [0, 0.1) is 5.41 Å². The highest BCUT2D eigenvalue weighted by Gasteiger charge is 2.38. The van der Waals surface area contributed by atoms with Crippen LogP contribution in [0.4, 0.5) is 0 Å². The summed E-state index contributed by atoms with van der Waals surface area (Å²) in [6, 6.07) is 0. The van der Waals surface area contributed by atoms with Gasteiger partial charge in [0.2, 0.25) is 0 Å². The molecule has 6 nitrogen and oxygen atoms in total. The van der Waals surface area contributed by atoms with E-state index in [0.29, 0.717) is 5.92 Å². The zero-order chi connectivity index (χ0) is 19.1. The van der Waals surface area contributed by atoms with Gasteiger partial charge in [0.05, 0.1) is 24.5 Å². The maximum atomic E-state index is 11.6. The van der Waals surface area contributed by atoms with Crippen LogP contribution in [0.1, 0.15) is 87.0 Å². The molecule has 0 aromatic carbocycles. The minimum atomic E-state index is -0.0233. The molecule has 0 bridgehead atoms. The van der Waals surface area contributed by atoms with Gasteiger partial charge in [-0.1, -0.05) is 0 Å². The molecule has 0 spiro atoms. The predicted molar refractivity (Wildman–Crippen MR) is 103 cm³/mol. The van der Waals surface area contributed by atoms with Crippen molar-refractivity contribution in [2.45, 2.75) is 70.9 Å². The number of aldehydes is 1. The second kappa shape index (κ2) is 9.80. The van der Waals surface area contributed by atoms with E-state index in [1.165, 1.54) is 0 Å². The van der Waals surface area contributed by atoms with Crippen molar-refractivity contribution in [1.82, 2.24) is 9.78 Å². The molecule has 0 radical (unpaired) electrons. The summed E-state index contributed by atoms with van der Waals surface area (Å²) in [6.07, 6.45) is 10.1. The summed E-state index contributed by atoms with van der Waals surface area (Å²) in [5.41, 5.74) is 1.76. The van der Waals surface area contributed by atoms with Crippen LogP contribution in [0.2, 0.25) is 0 Å². The van der Waals surface area contributed by atoms with Gasteiger partial charge in [0, 0.05) is 37.4 Å². The van der Waals surface area contributed by atoms with Gasteiger partial charge in [-0.2, -0.15) is 5.10 Å². The zero-order valence-corrected chi connectivity index (χ0v) is 16.8. The number of ether oxygens (including phenoxy) is 3. The first-order valence-corrected chi connectivity index (χ1v) is 10.5. The van der Waals surface area contributed by atoms with E-state index < -0.39 is 0 Å². The lowest BCUT2D eigenvalue weighted by Crippen LogP contribution is -2.36. The van der Waals surface area contributed by atoms with E-state index in [1.54, 1.807) is 0 Å². The molecule has 2 aliphatic rings. The zero-order valence-electron chi connectivity index (χ0n) is 16.8. The Kier molecular flexibility index (Phi) is 7.44. The second-order valence-electron chi connectivity index (χ2n) is 7.94. The van der Waals surface area contributed by atoms with Gasteiger partial charge < -0.3 is 14.2 Å². The topological polar surface area (TPSA) is 62.6 Å².